The van der Waals surface area contributed by atoms with E-state index in [1.807, 2.05) is 6.07 Å². The van der Waals surface area contributed by atoms with Crippen LogP contribution in [-0.2, 0) is 0 Å². The second-order valence-corrected chi connectivity index (χ2v) is 2.66. The first-order valence-electron chi connectivity index (χ1n) is 4.18. The Hall–Kier alpha value is -1.97. The van der Waals surface area contributed by atoms with Crippen molar-refractivity contribution < 1.29 is 5.11 Å². The Bertz CT molecular complexity index is 421. The van der Waals surface area contributed by atoms with Gasteiger partial charge < -0.3 is 10.8 Å². The molecule has 0 unspecified atom stereocenters. The van der Waals surface area contributed by atoms with Gasteiger partial charge in [0.25, 0.3) is 0 Å². The highest BCUT2D eigenvalue weighted by Gasteiger charge is 2.01. The van der Waals surface area contributed by atoms with E-state index in [-0.39, 0.29) is 6.61 Å². The third kappa shape index (κ3) is 2.26. The molecule has 1 aromatic rings. The molecular formula is C11H10N2O. The molecule has 0 aliphatic rings. The molecule has 0 heterocycles. The van der Waals surface area contributed by atoms with Crippen molar-refractivity contribution in [2.45, 2.75) is 6.42 Å². The quantitative estimate of drug-likeness (QED) is 0.505. The lowest BCUT2D eigenvalue weighted by Crippen LogP contribution is -1.93. The monoisotopic (exact) mass is 186 g/mol. The smallest absolute Gasteiger partial charge is 0.103 e. The van der Waals surface area contributed by atoms with Gasteiger partial charge in [0.15, 0.2) is 0 Å². The van der Waals surface area contributed by atoms with Crippen molar-refractivity contribution in [3.63, 3.8) is 0 Å². The van der Waals surface area contributed by atoms with E-state index in [2.05, 4.69) is 11.8 Å². The second kappa shape index (κ2) is 4.91. The van der Waals surface area contributed by atoms with E-state index in [9.17, 15) is 0 Å². The van der Waals surface area contributed by atoms with Gasteiger partial charge in [-0.2, -0.15) is 5.26 Å². The van der Waals surface area contributed by atoms with Gasteiger partial charge in [0.1, 0.15) is 6.07 Å². The summed E-state index contributed by atoms with van der Waals surface area (Å²) in [5, 5.41) is 17.3. The lowest BCUT2D eigenvalue weighted by molar-refractivity contribution is 0.305. The van der Waals surface area contributed by atoms with Gasteiger partial charge >= 0.3 is 0 Å². The predicted molar refractivity (Wildman–Crippen MR) is 54.2 cm³/mol. The van der Waals surface area contributed by atoms with Crippen molar-refractivity contribution in [3.05, 3.63) is 29.3 Å². The van der Waals surface area contributed by atoms with Crippen LogP contribution in [-0.4, -0.2) is 11.7 Å². The van der Waals surface area contributed by atoms with Crippen molar-refractivity contribution >= 4 is 5.69 Å². The Morgan fingerprint density at radius 3 is 2.86 bits per heavy atom. The highest BCUT2D eigenvalue weighted by atomic mass is 16.2. The summed E-state index contributed by atoms with van der Waals surface area (Å²) in [4.78, 5) is 0. The van der Waals surface area contributed by atoms with Gasteiger partial charge in [-0.25, -0.2) is 0 Å². The number of nitriles is 1. The van der Waals surface area contributed by atoms with Crippen LogP contribution in [0.4, 0.5) is 5.69 Å². The first-order valence-corrected chi connectivity index (χ1v) is 4.18. The van der Waals surface area contributed by atoms with Crippen molar-refractivity contribution in [1.29, 1.82) is 5.26 Å². The summed E-state index contributed by atoms with van der Waals surface area (Å²) in [6.07, 6.45) is 0.402. The maximum absolute atomic E-state index is 8.81. The van der Waals surface area contributed by atoms with Crippen LogP contribution in [0.15, 0.2) is 18.2 Å². The fraction of sp³-hybridized carbons (Fsp3) is 0.182. The topological polar surface area (TPSA) is 70.0 Å². The number of aliphatic hydroxyl groups excluding tert-OH is 1. The fourth-order valence-corrected chi connectivity index (χ4v) is 1.01. The molecule has 0 saturated heterocycles. The lowest BCUT2D eigenvalue weighted by Gasteiger charge is -1.98. The molecule has 0 amide bonds. The minimum atomic E-state index is 0.0250. The van der Waals surface area contributed by atoms with Crippen LogP contribution in [0.2, 0.25) is 0 Å². The standard InChI is InChI=1S/C11H10N2O/c12-8-10-9(4-1-2-7-14)5-3-6-11(10)13/h3,5-6,14H,2,7,13H2. The molecular weight excluding hydrogens is 176 g/mol. The molecule has 70 valence electrons. The van der Waals surface area contributed by atoms with E-state index in [1.165, 1.54) is 0 Å². The molecule has 0 aliphatic carbocycles. The summed E-state index contributed by atoms with van der Waals surface area (Å²) in [5.41, 5.74) is 7.04. The van der Waals surface area contributed by atoms with E-state index < -0.39 is 0 Å². The van der Waals surface area contributed by atoms with Crippen LogP contribution >= 0.6 is 0 Å². The molecule has 0 saturated carbocycles. The van der Waals surface area contributed by atoms with Gasteiger partial charge in [-0.3, -0.25) is 0 Å². The Morgan fingerprint density at radius 1 is 1.43 bits per heavy atom. The van der Waals surface area contributed by atoms with E-state index in [4.69, 9.17) is 16.1 Å². The van der Waals surface area contributed by atoms with Crippen molar-refractivity contribution in [2.24, 2.45) is 0 Å². The highest BCUT2D eigenvalue weighted by Crippen LogP contribution is 2.14. The molecule has 3 nitrogen and oxygen atoms in total. The number of nitrogens with zero attached hydrogens (tertiary/aromatic N) is 1. The third-order valence-electron chi connectivity index (χ3n) is 1.67. The normalized spacial score (nSPS) is 8.57. The molecule has 0 fully saturated rings. The van der Waals surface area contributed by atoms with E-state index in [1.54, 1.807) is 18.2 Å². The zero-order valence-corrected chi connectivity index (χ0v) is 7.62. The number of nitrogen functional groups attached to an aromatic ring is 1. The van der Waals surface area contributed by atoms with Crippen LogP contribution in [0.1, 0.15) is 17.5 Å². The van der Waals surface area contributed by atoms with Crippen molar-refractivity contribution in [1.82, 2.24) is 0 Å². The first kappa shape index (κ1) is 10.1. The highest BCUT2D eigenvalue weighted by molar-refractivity contribution is 5.62. The van der Waals surface area contributed by atoms with Gasteiger partial charge in [0.05, 0.1) is 17.9 Å². The molecule has 3 N–H and O–H groups in total. The van der Waals surface area contributed by atoms with Crippen LogP contribution in [0.3, 0.4) is 0 Å². The summed E-state index contributed by atoms with van der Waals surface area (Å²) in [7, 11) is 0. The van der Waals surface area contributed by atoms with Crippen molar-refractivity contribution in [2.75, 3.05) is 12.3 Å². The van der Waals surface area contributed by atoms with E-state index in [0.717, 1.165) is 0 Å². The van der Waals surface area contributed by atoms with Gasteiger partial charge in [0.2, 0.25) is 0 Å². The summed E-state index contributed by atoms with van der Waals surface area (Å²) >= 11 is 0. The SMILES string of the molecule is N#Cc1c(N)cccc1C#CCCO. The fourth-order valence-electron chi connectivity index (χ4n) is 1.01. The summed E-state index contributed by atoms with van der Waals surface area (Å²) in [6.45, 7) is 0.0250. The molecule has 1 aromatic carbocycles. The zero-order chi connectivity index (χ0) is 10.4. The number of anilines is 1. The number of rotatable bonds is 1. The zero-order valence-electron chi connectivity index (χ0n) is 7.62. The van der Waals surface area contributed by atoms with Crippen LogP contribution in [0, 0.1) is 23.2 Å². The largest absolute Gasteiger partial charge is 0.398 e. The van der Waals surface area contributed by atoms with Gasteiger partial charge in [0, 0.05) is 12.0 Å². The molecule has 3 heteroatoms. The second-order valence-electron chi connectivity index (χ2n) is 2.66. The Balaban J connectivity index is 3.06. The predicted octanol–water partition coefficient (Wildman–Crippen LogP) is 0.874. The number of hydrogen-bond acceptors (Lipinski definition) is 3. The molecule has 14 heavy (non-hydrogen) atoms. The average Bonchev–Trinajstić information content (AvgIpc) is 2.18. The lowest BCUT2D eigenvalue weighted by atomic mass is 10.1. The molecule has 0 aliphatic heterocycles. The Labute approximate surface area is 82.8 Å². The maximum atomic E-state index is 8.81. The Morgan fingerprint density at radius 2 is 2.21 bits per heavy atom. The molecule has 0 spiro atoms. The van der Waals surface area contributed by atoms with Crippen LogP contribution in [0.25, 0.3) is 0 Å². The number of aliphatic hydroxyl groups is 1. The van der Waals surface area contributed by atoms with Gasteiger partial charge in [-0.05, 0) is 12.1 Å². The van der Waals surface area contributed by atoms with Crippen LogP contribution in [0.5, 0.6) is 0 Å². The average molecular weight is 186 g/mol. The van der Waals surface area contributed by atoms with Gasteiger partial charge in [-0.1, -0.05) is 17.9 Å². The minimum Gasteiger partial charge on any atom is -0.398 e. The van der Waals surface area contributed by atoms with E-state index in [0.29, 0.717) is 23.2 Å². The van der Waals surface area contributed by atoms with E-state index >= 15 is 0 Å². The summed E-state index contributed by atoms with van der Waals surface area (Å²) in [6, 6.07) is 7.15. The maximum Gasteiger partial charge on any atom is 0.103 e. The minimum absolute atomic E-state index is 0.0250. The number of nitrogens with two attached hydrogens (primary N) is 1. The number of benzene rings is 1. The molecule has 0 atom stereocenters. The summed E-state index contributed by atoms with van der Waals surface area (Å²) < 4.78 is 0. The Kier molecular flexibility index (Phi) is 3.55. The molecule has 1 rings (SSSR count). The number of hydrogen-bond donors (Lipinski definition) is 2. The van der Waals surface area contributed by atoms with Gasteiger partial charge in [-0.15, -0.1) is 0 Å². The molecule has 0 aromatic heterocycles. The third-order valence-corrected chi connectivity index (χ3v) is 1.67. The molecule has 0 radical (unpaired) electrons. The van der Waals surface area contributed by atoms with Crippen molar-refractivity contribution in [3.8, 4) is 17.9 Å². The summed E-state index contributed by atoms with van der Waals surface area (Å²) in [5.74, 6) is 5.54. The van der Waals surface area contributed by atoms with Crippen LogP contribution < -0.4 is 5.73 Å². The molecule has 0 bridgehead atoms. The first-order chi connectivity index (χ1) is 6.79.